The maximum Gasteiger partial charge on any atom is 0.319 e. The molecule has 3 aromatic rings. The van der Waals surface area contributed by atoms with Gasteiger partial charge < -0.3 is 24.5 Å². The third-order valence-corrected chi connectivity index (χ3v) is 6.70. The number of aliphatic hydroxyl groups is 1. The fraction of sp³-hybridized carbons (Fsp3) is 0.522. The van der Waals surface area contributed by atoms with Crippen LogP contribution in [0.2, 0.25) is 0 Å². The highest BCUT2D eigenvalue weighted by atomic mass is 16.5. The maximum absolute atomic E-state index is 13.2. The number of piperidine rings is 1. The summed E-state index contributed by atoms with van der Waals surface area (Å²) in [5.41, 5.74) is 0.757. The minimum absolute atomic E-state index is 0.0769. The van der Waals surface area contributed by atoms with Gasteiger partial charge in [0.05, 0.1) is 55.3 Å². The Morgan fingerprint density at radius 3 is 2.54 bits per heavy atom. The third kappa shape index (κ3) is 4.58. The zero-order valence-electron chi connectivity index (χ0n) is 20.0. The molecule has 12 heteroatoms. The van der Waals surface area contributed by atoms with Crippen LogP contribution in [0.3, 0.4) is 0 Å². The average molecular weight is 483 g/mol. The van der Waals surface area contributed by atoms with Gasteiger partial charge in [-0.3, -0.25) is 14.3 Å². The molecule has 0 spiro atoms. The number of ether oxygens (including phenoxy) is 1. The Hall–Kier alpha value is -3.51. The number of nitrogens with zero attached hydrogens (tertiary/aromatic N) is 8. The highest BCUT2D eigenvalue weighted by Crippen LogP contribution is 2.25. The molecule has 0 aliphatic carbocycles. The number of morpholine rings is 1. The number of pyridine rings is 1. The SMILES string of the molecule is CN(C)C(=O)N1CCC(O)(Cn2cnc3c(cnn3-c3cncc(N4CCOCC4)c3)c2=O)CC1. The number of hydrogen-bond donors (Lipinski definition) is 1. The Balaban J connectivity index is 1.36. The predicted octanol–water partition coefficient (Wildman–Crippen LogP) is 0.322. The molecule has 2 aliphatic rings. The largest absolute Gasteiger partial charge is 0.388 e. The van der Waals surface area contributed by atoms with E-state index in [4.69, 9.17) is 4.74 Å². The van der Waals surface area contributed by atoms with Crippen LogP contribution in [-0.2, 0) is 11.3 Å². The van der Waals surface area contributed by atoms with Crippen LogP contribution in [0.25, 0.3) is 16.7 Å². The van der Waals surface area contributed by atoms with Gasteiger partial charge >= 0.3 is 6.03 Å². The Morgan fingerprint density at radius 1 is 1.11 bits per heavy atom. The van der Waals surface area contributed by atoms with E-state index in [0.717, 1.165) is 18.8 Å². The van der Waals surface area contributed by atoms with Crippen molar-refractivity contribution in [2.75, 3.05) is 58.4 Å². The van der Waals surface area contributed by atoms with Crippen molar-refractivity contribution < 1.29 is 14.6 Å². The topological polar surface area (TPSA) is 122 Å². The number of rotatable bonds is 4. The molecule has 2 saturated heterocycles. The molecule has 35 heavy (non-hydrogen) atoms. The van der Waals surface area contributed by atoms with Crippen LogP contribution >= 0.6 is 0 Å². The van der Waals surface area contributed by atoms with Crippen molar-refractivity contribution in [3.05, 3.63) is 41.3 Å². The molecule has 0 aromatic carbocycles. The molecular formula is C23H30N8O4. The molecule has 0 saturated carbocycles. The Labute approximate surface area is 202 Å². The fourth-order valence-corrected chi connectivity index (χ4v) is 4.65. The number of amides is 2. The second-order valence-electron chi connectivity index (χ2n) is 9.36. The first-order valence-corrected chi connectivity index (χ1v) is 11.7. The number of fused-ring (bicyclic) bond motifs is 1. The van der Waals surface area contributed by atoms with Gasteiger partial charge in [-0.05, 0) is 18.9 Å². The van der Waals surface area contributed by atoms with Crippen LogP contribution in [0.1, 0.15) is 12.8 Å². The van der Waals surface area contributed by atoms with E-state index in [0.29, 0.717) is 55.9 Å². The average Bonchev–Trinajstić information content (AvgIpc) is 3.31. The Morgan fingerprint density at radius 2 is 1.83 bits per heavy atom. The summed E-state index contributed by atoms with van der Waals surface area (Å²) in [7, 11) is 3.41. The molecule has 3 aromatic heterocycles. The molecule has 1 N–H and O–H groups in total. The summed E-state index contributed by atoms with van der Waals surface area (Å²) in [4.78, 5) is 39.7. The van der Waals surface area contributed by atoms with Gasteiger partial charge in [0.1, 0.15) is 11.7 Å². The van der Waals surface area contributed by atoms with Crippen LogP contribution in [0.4, 0.5) is 10.5 Å². The van der Waals surface area contributed by atoms with E-state index in [1.54, 1.807) is 36.1 Å². The van der Waals surface area contributed by atoms with Crippen molar-refractivity contribution in [1.29, 1.82) is 0 Å². The number of urea groups is 1. The summed E-state index contributed by atoms with van der Waals surface area (Å²) in [5.74, 6) is 0. The lowest BCUT2D eigenvalue weighted by atomic mass is 9.91. The summed E-state index contributed by atoms with van der Waals surface area (Å²) < 4.78 is 8.47. The van der Waals surface area contributed by atoms with Gasteiger partial charge in [0.2, 0.25) is 0 Å². The van der Waals surface area contributed by atoms with Crippen molar-refractivity contribution in [2.45, 2.75) is 25.0 Å². The lowest BCUT2D eigenvalue weighted by molar-refractivity contribution is -0.0282. The lowest BCUT2D eigenvalue weighted by Gasteiger charge is -2.39. The molecule has 0 unspecified atom stereocenters. The van der Waals surface area contributed by atoms with E-state index in [1.165, 1.54) is 22.0 Å². The molecule has 186 valence electrons. The second kappa shape index (κ2) is 9.27. The van der Waals surface area contributed by atoms with Gasteiger partial charge in [0.15, 0.2) is 5.65 Å². The number of aromatic nitrogens is 5. The van der Waals surface area contributed by atoms with E-state index in [9.17, 15) is 14.7 Å². The smallest absolute Gasteiger partial charge is 0.319 e. The quantitative estimate of drug-likeness (QED) is 0.564. The van der Waals surface area contributed by atoms with E-state index < -0.39 is 5.60 Å². The fourth-order valence-electron chi connectivity index (χ4n) is 4.65. The van der Waals surface area contributed by atoms with Crippen molar-refractivity contribution in [1.82, 2.24) is 34.1 Å². The van der Waals surface area contributed by atoms with Crippen LogP contribution < -0.4 is 10.5 Å². The van der Waals surface area contributed by atoms with Gasteiger partial charge in [0, 0.05) is 40.3 Å². The molecule has 2 fully saturated rings. The first-order valence-electron chi connectivity index (χ1n) is 11.7. The van der Waals surface area contributed by atoms with Gasteiger partial charge in [-0.15, -0.1) is 0 Å². The van der Waals surface area contributed by atoms with Crippen molar-refractivity contribution >= 4 is 22.8 Å². The lowest BCUT2D eigenvalue weighted by Crippen LogP contribution is -2.51. The Bertz CT molecular complexity index is 1270. The van der Waals surface area contributed by atoms with E-state index in [1.807, 2.05) is 6.07 Å². The summed E-state index contributed by atoms with van der Waals surface area (Å²) in [5, 5.41) is 15.9. The maximum atomic E-state index is 13.2. The second-order valence-corrected chi connectivity index (χ2v) is 9.36. The van der Waals surface area contributed by atoms with Crippen LogP contribution in [0, 0.1) is 0 Å². The monoisotopic (exact) mass is 482 g/mol. The van der Waals surface area contributed by atoms with Crippen LogP contribution in [0.15, 0.2) is 35.8 Å². The van der Waals surface area contributed by atoms with Crippen molar-refractivity contribution in [2.24, 2.45) is 0 Å². The van der Waals surface area contributed by atoms with Crippen molar-refractivity contribution in [3.63, 3.8) is 0 Å². The van der Waals surface area contributed by atoms with Crippen molar-refractivity contribution in [3.8, 4) is 5.69 Å². The third-order valence-electron chi connectivity index (χ3n) is 6.70. The predicted molar refractivity (Wildman–Crippen MR) is 129 cm³/mol. The van der Waals surface area contributed by atoms with Gasteiger partial charge in [-0.25, -0.2) is 14.5 Å². The molecule has 0 bridgehead atoms. The number of anilines is 1. The van der Waals surface area contributed by atoms with Crippen LogP contribution in [0.5, 0.6) is 0 Å². The van der Waals surface area contributed by atoms with Gasteiger partial charge in [-0.1, -0.05) is 0 Å². The number of hydrogen-bond acceptors (Lipinski definition) is 8. The summed E-state index contributed by atoms with van der Waals surface area (Å²) in [6.45, 7) is 3.90. The molecule has 5 rings (SSSR count). The normalized spacial score (nSPS) is 18.1. The van der Waals surface area contributed by atoms with E-state index in [-0.39, 0.29) is 18.1 Å². The molecular weight excluding hydrogens is 452 g/mol. The number of carbonyl (C=O) groups excluding carboxylic acids is 1. The van der Waals surface area contributed by atoms with E-state index in [2.05, 4.69) is 20.0 Å². The molecule has 12 nitrogen and oxygen atoms in total. The van der Waals surface area contributed by atoms with Gasteiger partial charge in [-0.2, -0.15) is 5.10 Å². The molecule has 2 amide bonds. The summed E-state index contributed by atoms with van der Waals surface area (Å²) in [6, 6.07) is 1.90. The number of carbonyl (C=O) groups is 1. The first-order chi connectivity index (χ1) is 16.8. The summed E-state index contributed by atoms with van der Waals surface area (Å²) in [6.07, 6.45) is 7.23. The zero-order valence-corrected chi connectivity index (χ0v) is 20.0. The molecule has 2 aliphatic heterocycles. The van der Waals surface area contributed by atoms with Crippen LogP contribution in [-0.4, -0.2) is 104 Å². The molecule has 0 radical (unpaired) electrons. The molecule has 0 atom stereocenters. The first kappa shape index (κ1) is 23.2. The minimum Gasteiger partial charge on any atom is -0.388 e. The standard InChI is InChI=1S/C23H30N8O4/c1-27(2)22(33)29-5-3-23(34,4-6-29)15-30-16-25-20-19(21(30)32)14-26-31(20)18-11-17(12-24-13-18)28-7-9-35-10-8-28/h11-14,16,34H,3-10,15H2,1-2H3. The van der Waals surface area contributed by atoms with Gasteiger partial charge in [0.25, 0.3) is 5.56 Å². The molecule has 5 heterocycles. The zero-order chi connectivity index (χ0) is 24.6. The summed E-state index contributed by atoms with van der Waals surface area (Å²) >= 11 is 0. The Kier molecular flexibility index (Phi) is 6.15. The highest BCUT2D eigenvalue weighted by molar-refractivity contribution is 5.75. The number of likely N-dealkylation sites (tertiary alicyclic amines) is 1. The van der Waals surface area contributed by atoms with E-state index >= 15 is 0 Å². The minimum atomic E-state index is -1.09. The highest BCUT2D eigenvalue weighted by Gasteiger charge is 2.35.